The fourth-order valence-electron chi connectivity index (χ4n) is 2.61. The second-order valence-corrected chi connectivity index (χ2v) is 5.60. The topological polar surface area (TPSA) is 56.8 Å². The molecule has 0 atom stereocenters. The Labute approximate surface area is 148 Å². The summed E-state index contributed by atoms with van der Waals surface area (Å²) in [5, 5.41) is 2.93. The summed E-state index contributed by atoms with van der Waals surface area (Å²) in [5.41, 5.74) is 1.70. The Balaban J connectivity index is 1.80. The maximum atomic E-state index is 12.4. The molecule has 0 aliphatic carbocycles. The fourth-order valence-corrected chi connectivity index (χ4v) is 2.61. The molecule has 5 heteroatoms. The monoisotopic (exact) mass is 343 g/mol. The van der Waals surface area contributed by atoms with Gasteiger partial charge in [-0.2, -0.15) is 0 Å². The van der Waals surface area contributed by atoms with E-state index in [1.807, 2.05) is 12.1 Å². The largest absolute Gasteiger partial charge is 0.497 e. The second-order valence-electron chi connectivity index (χ2n) is 5.60. The summed E-state index contributed by atoms with van der Waals surface area (Å²) in [6.45, 7) is 0.607. The zero-order valence-electron chi connectivity index (χ0n) is 15.0. The quantitative estimate of drug-likeness (QED) is 0.709. The van der Waals surface area contributed by atoms with E-state index in [2.05, 4.69) is 17.4 Å². The summed E-state index contributed by atoms with van der Waals surface area (Å²) < 4.78 is 15.7. The van der Waals surface area contributed by atoms with Gasteiger partial charge in [0.2, 0.25) is 0 Å². The molecule has 25 heavy (non-hydrogen) atoms. The number of carbonyl (C=O) groups is 1. The first-order valence-electron chi connectivity index (χ1n) is 8.31. The van der Waals surface area contributed by atoms with Crippen molar-refractivity contribution in [3.05, 3.63) is 53.6 Å². The summed E-state index contributed by atoms with van der Waals surface area (Å²) in [6, 6.07) is 13.4. The molecule has 0 saturated carbocycles. The minimum atomic E-state index is -0.182. The van der Waals surface area contributed by atoms with Gasteiger partial charge in [-0.25, -0.2) is 0 Å². The standard InChI is InChI=1S/C20H25NO4/c1-23-16-12-10-15(11-13-16)7-4-5-14-21-20(22)19-17(24-2)8-6-9-18(19)25-3/h6,8-13H,4-5,7,14H2,1-3H3,(H,21,22). The lowest BCUT2D eigenvalue weighted by Crippen LogP contribution is -2.25. The van der Waals surface area contributed by atoms with Crippen LogP contribution in [0.5, 0.6) is 17.2 Å². The molecule has 0 saturated heterocycles. The van der Waals surface area contributed by atoms with E-state index in [4.69, 9.17) is 14.2 Å². The van der Waals surface area contributed by atoms with Crippen LogP contribution in [0.3, 0.4) is 0 Å². The van der Waals surface area contributed by atoms with E-state index in [-0.39, 0.29) is 5.91 Å². The van der Waals surface area contributed by atoms with Gasteiger partial charge in [-0.05, 0) is 49.1 Å². The zero-order valence-corrected chi connectivity index (χ0v) is 15.0. The van der Waals surface area contributed by atoms with Crippen molar-refractivity contribution in [2.75, 3.05) is 27.9 Å². The molecule has 1 amide bonds. The highest BCUT2D eigenvalue weighted by atomic mass is 16.5. The van der Waals surface area contributed by atoms with Gasteiger partial charge < -0.3 is 19.5 Å². The fraction of sp³-hybridized carbons (Fsp3) is 0.350. The molecule has 0 radical (unpaired) electrons. The number of hydrogen-bond donors (Lipinski definition) is 1. The smallest absolute Gasteiger partial charge is 0.258 e. The molecule has 134 valence electrons. The second kappa shape index (κ2) is 9.57. The highest BCUT2D eigenvalue weighted by Gasteiger charge is 2.17. The molecule has 0 fully saturated rings. The molecular weight excluding hydrogens is 318 g/mol. The van der Waals surface area contributed by atoms with Crippen molar-refractivity contribution in [3.8, 4) is 17.2 Å². The van der Waals surface area contributed by atoms with Crippen molar-refractivity contribution in [2.45, 2.75) is 19.3 Å². The van der Waals surface area contributed by atoms with Crippen LogP contribution in [-0.4, -0.2) is 33.8 Å². The van der Waals surface area contributed by atoms with Gasteiger partial charge in [-0.15, -0.1) is 0 Å². The number of unbranched alkanes of at least 4 members (excludes halogenated alkanes) is 1. The number of hydrogen-bond acceptors (Lipinski definition) is 4. The predicted octanol–water partition coefficient (Wildman–Crippen LogP) is 3.47. The molecule has 2 aromatic carbocycles. The Morgan fingerprint density at radius 1 is 0.880 bits per heavy atom. The summed E-state index contributed by atoms with van der Waals surface area (Å²) >= 11 is 0. The third-order valence-corrected chi connectivity index (χ3v) is 3.99. The molecule has 0 bridgehead atoms. The van der Waals surface area contributed by atoms with Crippen LogP contribution < -0.4 is 19.5 Å². The predicted molar refractivity (Wildman–Crippen MR) is 97.8 cm³/mol. The minimum absolute atomic E-state index is 0.182. The van der Waals surface area contributed by atoms with E-state index >= 15 is 0 Å². The third-order valence-electron chi connectivity index (χ3n) is 3.99. The maximum Gasteiger partial charge on any atom is 0.258 e. The van der Waals surface area contributed by atoms with Gasteiger partial charge in [0, 0.05) is 6.54 Å². The average Bonchev–Trinajstić information content (AvgIpc) is 2.67. The number of amides is 1. The first kappa shape index (κ1) is 18.6. The summed E-state index contributed by atoms with van der Waals surface area (Å²) in [5.74, 6) is 1.70. The number of methoxy groups -OCH3 is 3. The highest BCUT2D eigenvalue weighted by molar-refractivity contribution is 5.99. The summed E-state index contributed by atoms with van der Waals surface area (Å²) in [4.78, 5) is 12.4. The van der Waals surface area contributed by atoms with Crippen molar-refractivity contribution in [3.63, 3.8) is 0 Å². The lowest BCUT2D eigenvalue weighted by Gasteiger charge is -2.13. The van der Waals surface area contributed by atoms with E-state index < -0.39 is 0 Å². The van der Waals surface area contributed by atoms with Crippen LogP contribution >= 0.6 is 0 Å². The Bertz CT molecular complexity index is 660. The maximum absolute atomic E-state index is 12.4. The summed E-state index contributed by atoms with van der Waals surface area (Å²) in [6.07, 6.45) is 2.86. The van der Waals surface area contributed by atoms with Gasteiger partial charge in [0.25, 0.3) is 5.91 Å². The third kappa shape index (κ3) is 5.14. The molecular formula is C20H25NO4. The first-order chi connectivity index (χ1) is 12.2. The number of nitrogens with one attached hydrogen (secondary N) is 1. The van der Waals surface area contributed by atoms with E-state index in [0.29, 0.717) is 23.6 Å². The molecule has 5 nitrogen and oxygen atoms in total. The lowest BCUT2D eigenvalue weighted by molar-refractivity contribution is 0.0946. The lowest BCUT2D eigenvalue weighted by atomic mass is 10.1. The normalized spacial score (nSPS) is 10.2. The van der Waals surface area contributed by atoms with Crippen LogP contribution in [0.15, 0.2) is 42.5 Å². The molecule has 0 aliphatic heterocycles. The van der Waals surface area contributed by atoms with Crippen molar-refractivity contribution < 1.29 is 19.0 Å². The molecule has 0 aliphatic rings. The average molecular weight is 343 g/mol. The van der Waals surface area contributed by atoms with Crippen molar-refractivity contribution >= 4 is 5.91 Å². The van der Waals surface area contributed by atoms with E-state index in [0.717, 1.165) is 25.0 Å². The first-order valence-corrected chi connectivity index (χ1v) is 8.31. The van der Waals surface area contributed by atoms with Crippen LogP contribution in [0.25, 0.3) is 0 Å². The van der Waals surface area contributed by atoms with Crippen LogP contribution in [0.2, 0.25) is 0 Å². The van der Waals surface area contributed by atoms with E-state index in [9.17, 15) is 4.79 Å². The van der Waals surface area contributed by atoms with Crippen molar-refractivity contribution in [2.24, 2.45) is 0 Å². The van der Waals surface area contributed by atoms with Gasteiger partial charge in [0.15, 0.2) is 0 Å². The molecule has 2 rings (SSSR count). The Kier molecular flexibility index (Phi) is 7.14. The van der Waals surface area contributed by atoms with Gasteiger partial charge in [-0.1, -0.05) is 18.2 Å². The number of rotatable bonds is 9. The van der Waals surface area contributed by atoms with Gasteiger partial charge >= 0.3 is 0 Å². The Morgan fingerprint density at radius 2 is 1.52 bits per heavy atom. The SMILES string of the molecule is COc1ccc(CCCCNC(=O)c2c(OC)cccc2OC)cc1. The molecule has 0 spiro atoms. The minimum Gasteiger partial charge on any atom is -0.497 e. The van der Waals surface area contributed by atoms with E-state index in [1.54, 1.807) is 39.5 Å². The molecule has 0 heterocycles. The molecule has 0 aromatic heterocycles. The molecule has 0 unspecified atom stereocenters. The number of ether oxygens (including phenoxy) is 3. The van der Waals surface area contributed by atoms with Crippen LogP contribution in [-0.2, 0) is 6.42 Å². The van der Waals surface area contributed by atoms with Gasteiger partial charge in [0.1, 0.15) is 22.8 Å². The van der Waals surface area contributed by atoms with Crippen molar-refractivity contribution in [1.82, 2.24) is 5.32 Å². The Hall–Kier alpha value is -2.69. The van der Waals surface area contributed by atoms with E-state index in [1.165, 1.54) is 5.56 Å². The zero-order chi connectivity index (χ0) is 18.1. The van der Waals surface area contributed by atoms with Crippen LogP contribution in [0, 0.1) is 0 Å². The molecule has 1 N–H and O–H groups in total. The van der Waals surface area contributed by atoms with Gasteiger partial charge in [0.05, 0.1) is 21.3 Å². The van der Waals surface area contributed by atoms with Crippen LogP contribution in [0.4, 0.5) is 0 Å². The molecule has 2 aromatic rings. The van der Waals surface area contributed by atoms with Crippen LogP contribution in [0.1, 0.15) is 28.8 Å². The Morgan fingerprint density at radius 3 is 2.08 bits per heavy atom. The number of benzene rings is 2. The van der Waals surface area contributed by atoms with Crippen molar-refractivity contribution in [1.29, 1.82) is 0 Å². The number of aryl methyl sites for hydroxylation is 1. The summed E-state index contributed by atoms with van der Waals surface area (Å²) in [7, 11) is 4.75. The highest BCUT2D eigenvalue weighted by Crippen LogP contribution is 2.27. The number of carbonyl (C=O) groups excluding carboxylic acids is 1. The van der Waals surface area contributed by atoms with Gasteiger partial charge in [-0.3, -0.25) is 4.79 Å².